The number of rotatable bonds is 3. The third kappa shape index (κ3) is 2.93. The first-order valence-corrected chi connectivity index (χ1v) is 8.59. The van der Waals surface area contributed by atoms with Gasteiger partial charge in [-0.2, -0.15) is 16.1 Å². The van der Waals surface area contributed by atoms with Crippen LogP contribution in [-0.4, -0.2) is 47.9 Å². The van der Waals surface area contributed by atoms with E-state index in [1.807, 2.05) is 0 Å². The van der Waals surface area contributed by atoms with Gasteiger partial charge in [-0.3, -0.25) is 4.79 Å². The maximum atomic E-state index is 13.0. The summed E-state index contributed by atoms with van der Waals surface area (Å²) < 4.78 is 38.9. The predicted molar refractivity (Wildman–Crippen MR) is 74.1 cm³/mol. The first kappa shape index (κ1) is 15.6. The van der Waals surface area contributed by atoms with Gasteiger partial charge in [-0.1, -0.05) is 11.6 Å². The third-order valence-electron chi connectivity index (χ3n) is 2.84. The van der Waals surface area contributed by atoms with Crippen molar-refractivity contribution in [1.82, 2.24) is 4.31 Å². The number of carboxylic acids is 1. The van der Waals surface area contributed by atoms with Crippen molar-refractivity contribution in [2.75, 3.05) is 18.1 Å². The summed E-state index contributed by atoms with van der Waals surface area (Å²) in [5, 5.41) is 8.86. The first-order valence-electron chi connectivity index (χ1n) is 5.61. The molecular formula is C11H11ClFNO4S2. The van der Waals surface area contributed by atoms with Crippen LogP contribution < -0.4 is 0 Å². The lowest BCUT2D eigenvalue weighted by molar-refractivity contribution is -0.140. The number of thioether (sulfide) groups is 1. The maximum Gasteiger partial charge on any atom is 0.322 e. The van der Waals surface area contributed by atoms with Crippen LogP contribution in [0.2, 0.25) is 5.02 Å². The highest BCUT2D eigenvalue weighted by Gasteiger charge is 2.38. The lowest BCUT2D eigenvalue weighted by atomic mass is 10.3. The van der Waals surface area contributed by atoms with Crippen LogP contribution in [0.15, 0.2) is 23.1 Å². The molecule has 9 heteroatoms. The minimum Gasteiger partial charge on any atom is -0.480 e. The summed E-state index contributed by atoms with van der Waals surface area (Å²) in [5.41, 5.74) is 0. The molecular weight excluding hydrogens is 329 g/mol. The van der Waals surface area contributed by atoms with Crippen molar-refractivity contribution in [2.45, 2.75) is 10.9 Å². The zero-order valence-corrected chi connectivity index (χ0v) is 12.5. The number of nitrogens with zero attached hydrogens (tertiary/aromatic N) is 1. The van der Waals surface area contributed by atoms with Crippen LogP contribution in [0, 0.1) is 5.82 Å². The third-order valence-corrected chi connectivity index (χ3v) is 6.26. The molecule has 0 radical (unpaired) electrons. The van der Waals surface area contributed by atoms with Gasteiger partial charge < -0.3 is 5.11 Å². The van der Waals surface area contributed by atoms with E-state index in [1.54, 1.807) is 0 Å². The van der Waals surface area contributed by atoms with Crippen molar-refractivity contribution in [1.29, 1.82) is 0 Å². The zero-order valence-electron chi connectivity index (χ0n) is 10.1. The predicted octanol–water partition coefficient (Wildman–Crippen LogP) is 1.67. The fourth-order valence-corrected chi connectivity index (χ4v) is 5.22. The Morgan fingerprint density at radius 2 is 2.20 bits per heavy atom. The van der Waals surface area contributed by atoms with E-state index in [1.165, 1.54) is 11.8 Å². The molecule has 1 saturated heterocycles. The van der Waals surface area contributed by atoms with E-state index in [0.29, 0.717) is 5.75 Å². The lowest BCUT2D eigenvalue weighted by Crippen LogP contribution is -2.50. The smallest absolute Gasteiger partial charge is 0.322 e. The molecule has 110 valence electrons. The van der Waals surface area contributed by atoms with Gasteiger partial charge in [0.05, 0.1) is 5.02 Å². The van der Waals surface area contributed by atoms with Gasteiger partial charge in [-0.05, 0) is 18.2 Å². The average Bonchev–Trinajstić information content (AvgIpc) is 2.38. The van der Waals surface area contributed by atoms with Crippen LogP contribution in [0.1, 0.15) is 0 Å². The normalized spacial score (nSPS) is 20.8. The van der Waals surface area contributed by atoms with Crippen LogP contribution in [0.25, 0.3) is 0 Å². The number of halogens is 2. The molecule has 0 saturated carbocycles. The molecule has 1 unspecified atom stereocenters. The molecule has 0 aromatic heterocycles. The fraction of sp³-hybridized carbons (Fsp3) is 0.364. The summed E-state index contributed by atoms with van der Waals surface area (Å²) in [6, 6.07) is 1.78. The second-order valence-corrected chi connectivity index (χ2v) is 7.54. The van der Waals surface area contributed by atoms with Crippen molar-refractivity contribution in [3.63, 3.8) is 0 Å². The lowest BCUT2D eigenvalue weighted by Gasteiger charge is -2.31. The molecule has 5 nitrogen and oxygen atoms in total. The van der Waals surface area contributed by atoms with Crippen LogP contribution in [0.4, 0.5) is 4.39 Å². The van der Waals surface area contributed by atoms with Gasteiger partial charge in [0, 0.05) is 18.1 Å². The molecule has 2 rings (SSSR count). The van der Waals surface area contributed by atoms with Gasteiger partial charge in [0.25, 0.3) is 0 Å². The number of carbonyl (C=O) groups is 1. The Labute approximate surface area is 124 Å². The van der Waals surface area contributed by atoms with E-state index in [4.69, 9.17) is 16.7 Å². The molecule has 1 aliphatic rings. The largest absolute Gasteiger partial charge is 0.480 e. The zero-order chi connectivity index (χ0) is 14.9. The highest BCUT2D eigenvalue weighted by Crippen LogP contribution is 2.29. The number of hydrogen-bond donors (Lipinski definition) is 1. The highest BCUT2D eigenvalue weighted by molar-refractivity contribution is 7.99. The molecule has 20 heavy (non-hydrogen) atoms. The number of sulfonamides is 1. The Balaban J connectivity index is 2.45. The van der Waals surface area contributed by atoms with E-state index in [9.17, 15) is 17.6 Å². The summed E-state index contributed by atoms with van der Waals surface area (Å²) >= 11 is 7.14. The standard InChI is InChI=1S/C11H11ClFNO4S2/c12-8-5-7(13)1-2-10(8)20(17,18)14-3-4-19-6-9(14)11(15)16/h1-2,5,9H,3-4,6H2,(H,15,16). The second kappa shape index (κ2) is 5.88. The highest BCUT2D eigenvalue weighted by atomic mass is 35.5. The van der Waals surface area contributed by atoms with Crippen molar-refractivity contribution >= 4 is 39.4 Å². The Morgan fingerprint density at radius 1 is 1.50 bits per heavy atom. The molecule has 1 aromatic rings. The Kier molecular flexibility index (Phi) is 4.58. The van der Waals surface area contributed by atoms with Crippen LogP contribution in [0.5, 0.6) is 0 Å². The van der Waals surface area contributed by atoms with E-state index in [-0.39, 0.29) is 22.2 Å². The summed E-state index contributed by atoms with van der Waals surface area (Å²) in [5.74, 6) is -1.19. The molecule has 0 spiro atoms. The van der Waals surface area contributed by atoms with Crippen LogP contribution in [-0.2, 0) is 14.8 Å². The Morgan fingerprint density at radius 3 is 2.80 bits per heavy atom. The van der Waals surface area contributed by atoms with Crippen molar-refractivity contribution in [2.24, 2.45) is 0 Å². The number of hydrogen-bond acceptors (Lipinski definition) is 4. The first-order chi connectivity index (χ1) is 9.34. The van der Waals surface area contributed by atoms with Crippen molar-refractivity contribution in [3.8, 4) is 0 Å². The molecule has 1 heterocycles. The van der Waals surface area contributed by atoms with Gasteiger partial charge in [0.1, 0.15) is 16.8 Å². The van der Waals surface area contributed by atoms with E-state index >= 15 is 0 Å². The monoisotopic (exact) mass is 339 g/mol. The van der Waals surface area contributed by atoms with E-state index < -0.39 is 27.9 Å². The van der Waals surface area contributed by atoms with Gasteiger partial charge in [-0.25, -0.2) is 12.8 Å². The van der Waals surface area contributed by atoms with Crippen LogP contribution >= 0.6 is 23.4 Å². The van der Waals surface area contributed by atoms with Crippen molar-refractivity contribution in [3.05, 3.63) is 29.0 Å². The topological polar surface area (TPSA) is 74.7 Å². The number of carboxylic acid groups (broad SMARTS) is 1. The Bertz CT molecular complexity index is 637. The minimum absolute atomic E-state index is 0.0810. The van der Waals surface area contributed by atoms with Crippen molar-refractivity contribution < 1.29 is 22.7 Å². The molecule has 0 amide bonds. The summed E-state index contributed by atoms with van der Waals surface area (Å²) in [7, 11) is -4.06. The summed E-state index contributed by atoms with van der Waals surface area (Å²) in [4.78, 5) is 10.9. The van der Waals surface area contributed by atoms with Gasteiger partial charge >= 0.3 is 5.97 Å². The molecule has 1 fully saturated rings. The Hall–Kier alpha value is -0.830. The molecule has 1 atom stereocenters. The van der Waals surface area contributed by atoms with Crippen LogP contribution in [0.3, 0.4) is 0 Å². The quantitative estimate of drug-likeness (QED) is 0.906. The SMILES string of the molecule is O=C(O)C1CSCCN1S(=O)(=O)c1ccc(F)cc1Cl. The van der Waals surface area contributed by atoms with E-state index in [2.05, 4.69) is 0 Å². The minimum atomic E-state index is -4.06. The molecule has 1 aromatic carbocycles. The van der Waals surface area contributed by atoms with Gasteiger partial charge in [-0.15, -0.1) is 0 Å². The van der Waals surface area contributed by atoms with Gasteiger partial charge in [0.15, 0.2) is 0 Å². The second-order valence-electron chi connectivity index (χ2n) is 4.12. The van der Waals surface area contributed by atoms with E-state index in [0.717, 1.165) is 22.5 Å². The number of benzene rings is 1. The molecule has 1 aliphatic heterocycles. The molecule has 0 bridgehead atoms. The van der Waals surface area contributed by atoms with Gasteiger partial charge in [0.2, 0.25) is 10.0 Å². The molecule has 1 N–H and O–H groups in total. The molecule has 0 aliphatic carbocycles. The summed E-state index contributed by atoms with van der Waals surface area (Å²) in [6.45, 7) is 0.0810. The average molecular weight is 340 g/mol. The summed E-state index contributed by atoms with van der Waals surface area (Å²) in [6.07, 6.45) is 0. The fourth-order valence-electron chi connectivity index (χ4n) is 1.88. The number of aliphatic carboxylic acids is 1. The maximum absolute atomic E-state index is 13.0.